The second-order valence-corrected chi connectivity index (χ2v) is 5.94. The molecule has 2 nitrogen and oxygen atoms in total. The molecule has 2 aromatic carbocycles. The minimum atomic E-state index is -1.78. The van der Waals surface area contributed by atoms with Crippen LogP contribution in [0.2, 0.25) is 0 Å². The third-order valence-electron chi connectivity index (χ3n) is 2.54. The predicted molar refractivity (Wildman–Crippen MR) is 79.9 cm³/mol. The molecule has 2 N–H and O–H groups in total. The Morgan fingerprint density at radius 3 is 2.63 bits per heavy atom. The molecule has 0 aliphatic heterocycles. The largest absolute Gasteiger partial charge is 0.491 e. The topological polar surface area (TPSA) is 40.5 Å². The molecule has 0 bridgehead atoms. The summed E-state index contributed by atoms with van der Waals surface area (Å²) in [7, 11) is -1.78. The second kappa shape index (κ2) is 6.57. The fourth-order valence-electron chi connectivity index (χ4n) is 1.60. The van der Waals surface area contributed by atoms with Gasteiger partial charge in [0.25, 0.3) is 0 Å². The van der Waals surface area contributed by atoms with Crippen molar-refractivity contribution in [3.8, 4) is 0 Å². The van der Waals surface area contributed by atoms with E-state index >= 15 is 0 Å². The molecular weight excluding hydrogens is 330 g/mol. The molecule has 0 aliphatic carbocycles. The zero-order chi connectivity index (χ0) is 13.8. The van der Waals surface area contributed by atoms with Crippen molar-refractivity contribution >= 4 is 40.3 Å². The summed E-state index contributed by atoms with van der Waals surface area (Å²) >= 11 is 5.00. The summed E-state index contributed by atoms with van der Waals surface area (Å²) in [6.07, 6.45) is 0. The molecule has 0 spiro atoms. The van der Waals surface area contributed by atoms with Gasteiger partial charge in [-0.1, -0.05) is 34.1 Å². The number of hydrogen-bond acceptors (Lipinski definition) is 3. The Balaban J connectivity index is 2.09. The third-order valence-corrected chi connectivity index (χ3v) is 4.10. The van der Waals surface area contributed by atoms with Gasteiger partial charge in [0, 0.05) is 20.6 Å². The van der Waals surface area contributed by atoms with E-state index in [-0.39, 0.29) is 5.46 Å². The lowest BCUT2D eigenvalue weighted by atomic mass is 9.79. The molecule has 2 aromatic rings. The summed E-state index contributed by atoms with van der Waals surface area (Å²) < 4.78 is 14.3. The maximum absolute atomic E-state index is 13.3. The van der Waals surface area contributed by atoms with E-state index < -0.39 is 12.9 Å². The fourth-order valence-corrected chi connectivity index (χ4v) is 3.05. The molecule has 0 aromatic heterocycles. The van der Waals surface area contributed by atoms with Crippen molar-refractivity contribution in [1.29, 1.82) is 0 Å². The van der Waals surface area contributed by atoms with Gasteiger partial charge in [-0.25, -0.2) is 4.39 Å². The van der Waals surface area contributed by atoms with Gasteiger partial charge < -0.3 is 10.0 Å². The zero-order valence-corrected chi connectivity index (χ0v) is 12.3. The van der Waals surface area contributed by atoms with Crippen LogP contribution in [0.4, 0.5) is 4.39 Å². The van der Waals surface area contributed by atoms with Crippen LogP contribution in [0.1, 0.15) is 5.56 Å². The van der Waals surface area contributed by atoms with Crippen molar-refractivity contribution in [3.63, 3.8) is 0 Å². The molecule has 0 saturated heterocycles. The summed E-state index contributed by atoms with van der Waals surface area (Å²) in [5.74, 6) is 0.0300. The van der Waals surface area contributed by atoms with Gasteiger partial charge in [0.2, 0.25) is 0 Å². The maximum atomic E-state index is 13.3. The molecular formula is C13H11BBrFO2S. The van der Waals surface area contributed by atoms with Crippen molar-refractivity contribution in [2.45, 2.75) is 10.6 Å². The molecule has 6 heteroatoms. The Labute approximate surface area is 123 Å². The lowest BCUT2D eigenvalue weighted by Gasteiger charge is -2.06. The van der Waals surface area contributed by atoms with E-state index in [0.29, 0.717) is 5.75 Å². The third kappa shape index (κ3) is 4.07. The van der Waals surface area contributed by atoms with Crippen LogP contribution in [0.25, 0.3) is 0 Å². The monoisotopic (exact) mass is 340 g/mol. The molecule has 0 unspecified atom stereocenters. The minimum absolute atomic E-state index is 0.0904. The molecule has 0 atom stereocenters. The van der Waals surface area contributed by atoms with Crippen LogP contribution in [0, 0.1) is 5.82 Å². The molecule has 0 amide bonds. The average Bonchev–Trinajstić information content (AvgIpc) is 2.37. The van der Waals surface area contributed by atoms with Gasteiger partial charge in [0.15, 0.2) is 0 Å². The first kappa shape index (κ1) is 14.6. The van der Waals surface area contributed by atoms with Gasteiger partial charge in [-0.3, -0.25) is 0 Å². The van der Waals surface area contributed by atoms with Crippen LogP contribution in [-0.4, -0.2) is 17.2 Å². The lowest BCUT2D eigenvalue weighted by molar-refractivity contribution is 0.423. The van der Waals surface area contributed by atoms with E-state index in [0.717, 1.165) is 14.9 Å². The SMILES string of the molecule is OB(O)c1cc(CSc2cccc(Br)c2)ccc1F. The number of thioether (sulfide) groups is 1. The van der Waals surface area contributed by atoms with Gasteiger partial charge >= 0.3 is 7.12 Å². The summed E-state index contributed by atoms with van der Waals surface area (Å²) in [5.41, 5.74) is 0.752. The Hall–Kier alpha value is -0.815. The van der Waals surface area contributed by atoms with Crippen LogP contribution < -0.4 is 5.46 Å². The van der Waals surface area contributed by atoms with Crippen LogP contribution in [0.15, 0.2) is 51.8 Å². The Bertz CT molecular complexity index is 580. The molecule has 0 radical (unpaired) electrons. The quantitative estimate of drug-likeness (QED) is 0.664. The highest BCUT2D eigenvalue weighted by Crippen LogP contribution is 2.25. The van der Waals surface area contributed by atoms with E-state index in [1.165, 1.54) is 12.1 Å². The molecule has 98 valence electrons. The first-order chi connectivity index (χ1) is 9.06. The highest BCUT2D eigenvalue weighted by atomic mass is 79.9. The van der Waals surface area contributed by atoms with Gasteiger partial charge in [-0.05, 0) is 29.8 Å². The van der Waals surface area contributed by atoms with Crippen LogP contribution in [-0.2, 0) is 5.75 Å². The molecule has 0 fully saturated rings. The maximum Gasteiger partial charge on any atom is 0.491 e. The fraction of sp³-hybridized carbons (Fsp3) is 0.0769. The predicted octanol–water partition coefficient (Wildman–Crippen LogP) is 2.56. The van der Waals surface area contributed by atoms with Gasteiger partial charge in [0.05, 0.1) is 0 Å². The molecule has 0 saturated carbocycles. The highest BCUT2D eigenvalue weighted by molar-refractivity contribution is 9.10. The molecule has 0 heterocycles. The number of halogens is 2. The Kier molecular flexibility index (Phi) is 5.04. The molecule has 0 aliphatic rings. The highest BCUT2D eigenvalue weighted by Gasteiger charge is 2.16. The number of benzene rings is 2. The summed E-state index contributed by atoms with van der Waals surface area (Å²) in [6, 6.07) is 12.3. The van der Waals surface area contributed by atoms with Crippen molar-refractivity contribution in [2.24, 2.45) is 0 Å². The van der Waals surface area contributed by atoms with Crippen LogP contribution in [0.5, 0.6) is 0 Å². The van der Waals surface area contributed by atoms with Crippen molar-refractivity contribution in [3.05, 3.63) is 58.3 Å². The second-order valence-electron chi connectivity index (χ2n) is 3.98. The Morgan fingerprint density at radius 2 is 1.95 bits per heavy atom. The zero-order valence-electron chi connectivity index (χ0n) is 9.88. The van der Waals surface area contributed by atoms with E-state index in [9.17, 15) is 4.39 Å². The number of rotatable bonds is 4. The normalized spacial score (nSPS) is 10.5. The van der Waals surface area contributed by atoms with E-state index in [4.69, 9.17) is 10.0 Å². The van der Waals surface area contributed by atoms with Crippen molar-refractivity contribution in [2.75, 3.05) is 0 Å². The van der Waals surface area contributed by atoms with E-state index in [1.807, 2.05) is 24.3 Å². The van der Waals surface area contributed by atoms with Crippen LogP contribution >= 0.6 is 27.7 Å². The van der Waals surface area contributed by atoms with Gasteiger partial charge in [0.1, 0.15) is 5.82 Å². The summed E-state index contributed by atoms with van der Waals surface area (Å²) in [6.45, 7) is 0. The van der Waals surface area contributed by atoms with Gasteiger partial charge in [-0.2, -0.15) is 0 Å². The smallest absolute Gasteiger partial charge is 0.423 e. The molecule has 2 rings (SSSR count). The standard InChI is InChI=1S/C13H11BBrFO2S/c15-10-2-1-3-11(7-10)19-8-9-4-5-13(16)12(6-9)14(17)18/h1-7,17-18H,8H2. The van der Waals surface area contributed by atoms with E-state index in [1.54, 1.807) is 17.8 Å². The molecule has 19 heavy (non-hydrogen) atoms. The first-order valence-electron chi connectivity index (χ1n) is 5.59. The van der Waals surface area contributed by atoms with Crippen molar-refractivity contribution in [1.82, 2.24) is 0 Å². The van der Waals surface area contributed by atoms with Gasteiger partial charge in [-0.15, -0.1) is 11.8 Å². The summed E-state index contributed by atoms with van der Waals surface area (Å²) in [5, 5.41) is 18.1. The lowest BCUT2D eigenvalue weighted by Crippen LogP contribution is -2.32. The average molecular weight is 341 g/mol. The number of hydrogen-bond donors (Lipinski definition) is 2. The Morgan fingerprint density at radius 1 is 1.16 bits per heavy atom. The minimum Gasteiger partial charge on any atom is -0.423 e. The first-order valence-corrected chi connectivity index (χ1v) is 7.37. The van der Waals surface area contributed by atoms with Crippen molar-refractivity contribution < 1.29 is 14.4 Å². The summed E-state index contributed by atoms with van der Waals surface area (Å²) in [4.78, 5) is 1.09. The van der Waals surface area contributed by atoms with Crippen LogP contribution in [0.3, 0.4) is 0 Å². The van der Waals surface area contributed by atoms with E-state index in [2.05, 4.69) is 15.9 Å².